The molecule has 34 valence electrons. The number of nitrogens with one attached hydrogen (secondary N) is 1. The van der Waals surface area contributed by atoms with E-state index in [4.69, 9.17) is 0 Å². The summed E-state index contributed by atoms with van der Waals surface area (Å²) in [6.07, 6.45) is 1.92. The molecule has 1 heterocycles. The second-order valence-corrected chi connectivity index (χ2v) is 1.62. The molecule has 1 aliphatic heterocycles. The molecule has 0 aliphatic carbocycles. The van der Waals surface area contributed by atoms with E-state index < -0.39 is 0 Å². The largest absolute Gasteiger partial charge is 0.310 e. The molecular formula is C4H8N2. The Morgan fingerprint density at radius 2 is 2.83 bits per heavy atom. The Morgan fingerprint density at radius 3 is 3.00 bits per heavy atom. The van der Waals surface area contributed by atoms with Crippen LogP contribution in [0.1, 0.15) is 6.92 Å². The van der Waals surface area contributed by atoms with Gasteiger partial charge in [0, 0.05) is 18.7 Å². The SMILES string of the molecule is C[C@@H]1C=NNC1. The summed E-state index contributed by atoms with van der Waals surface area (Å²) in [5.41, 5.74) is 2.84. The molecule has 0 spiro atoms. The van der Waals surface area contributed by atoms with Crippen molar-refractivity contribution in [3.8, 4) is 0 Å². The van der Waals surface area contributed by atoms with Gasteiger partial charge in [0.05, 0.1) is 0 Å². The number of hydrazone groups is 1. The summed E-state index contributed by atoms with van der Waals surface area (Å²) < 4.78 is 0. The summed E-state index contributed by atoms with van der Waals surface area (Å²) in [5.74, 6) is 0.644. The second-order valence-electron chi connectivity index (χ2n) is 1.62. The molecule has 2 heteroatoms. The van der Waals surface area contributed by atoms with E-state index in [2.05, 4.69) is 17.5 Å². The lowest BCUT2D eigenvalue weighted by Crippen LogP contribution is -2.05. The van der Waals surface area contributed by atoms with Crippen LogP contribution in [0.15, 0.2) is 5.10 Å². The van der Waals surface area contributed by atoms with Crippen LogP contribution in [0.2, 0.25) is 0 Å². The van der Waals surface area contributed by atoms with E-state index in [1.807, 2.05) is 6.21 Å². The van der Waals surface area contributed by atoms with Crippen molar-refractivity contribution in [2.75, 3.05) is 6.54 Å². The lowest BCUT2D eigenvalue weighted by Gasteiger charge is -1.88. The summed E-state index contributed by atoms with van der Waals surface area (Å²) >= 11 is 0. The standard InChI is InChI=1S/C4H8N2/c1-4-2-5-6-3-4/h2,4,6H,3H2,1H3/t4-/m1/s1. The average Bonchev–Trinajstić information content (AvgIpc) is 1.86. The first kappa shape index (κ1) is 3.65. The van der Waals surface area contributed by atoms with Gasteiger partial charge in [-0.3, -0.25) is 0 Å². The van der Waals surface area contributed by atoms with Crippen LogP contribution in [0, 0.1) is 5.92 Å². The first-order valence-electron chi connectivity index (χ1n) is 2.15. The molecule has 0 aromatic heterocycles. The minimum atomic E-state index is 0.644. The molecule has 0 radical (unpaired) electrons. The van der Waals surface area contributed by atoms with Gasteiger partial charge in [-0.1, -0.05) is 6.92 Å². The first-order valence-corrected chi connectivity index (χ1v) is 2.15. The summed E-state index contributed by atoms with van der Waals surface area (Å²) in [7, 11) is 0. The highest BCUT2D eigenvalue weighted by atomic mass is 15.3. The van der Waals surface area contributed by atoms with E-state index in [-0.39, 0.29) is 0 Å². The van der Waals surface area contributed by atoms with Gasteiger partial charge in [0.2, 0.25) is 0 Å². The molecule has 1 aliphatic rings. The molecule has 0 amide bonds. The van der Waals surface area contributed by atoms with Crippen molar-refractivity contribution < 1.29 is 0 Å². The zero-order valence-electron chi connectivity index (χ0n) is 3.81. The van der Waals surface area contributed by atoms with Crippen LogP contribution in [0.4, 0.5) is 0 Å². The predicted octanol–water partition coefficient (Wildman–Crippen LogP) is 0.211. The topological polar surface area (TPSA) is 24.4 Å². The molecular weight excluding hydrogens is 76.1 g/mol. The van der Waals surface area contributed by atoms with Gasteiger partial charge in [-0.05, 0) is 0 Å². The highest BCUT2D eigenvalue weighted by Crippen LogP contribution is 1.90. The Kier molecular flexibility index (Phi) is 0.783. The van der Waals surface area contributed by atoms with Crippen molar-refractivity contribution in [2.24, 2.45) is 11.0 Å². The predicted molar refractivity (Wildman–Crippen MR) is 25.7 cm³/mol. The van der Waals surface area contributed by atoms with Gasteiger partial charge in [0.15, 0.2) is 0 Å². The monoisotopic (exact) mass is 84.1 g/mol. The van der Waals surface area contributed by atoms with E-state index in [1.165, 1.54) is 0 Å². The van der Waals surface area contributed by atoms with Crippen LogP contribution in [0.25, 0.3) is 0 Å². The molecule has 1 N–H and O–H groups in total. The van der Waals surface area contributed by atoms with Crippen LogP contribution >= 0.6 is 0 Å². The lowest BCUT2D eigenvalue weighted by molar-refractivity contribution is 0.710. The maximum atomic E-state index is 3.79. The van der Waals surface area contributed by atoms with Crippen molar-refractivity contribution in [3.63, 3.8) is 0 Å². The third kappa shape index (κ3) is 0.506. The van der Waals surface area contributed by atoms with Gasteiger partial charge in [-0.2, -0.15) is 5.10 Å². The minimum Gasteiger partial charge on any atom is -0.310 e. The molecule has 2 nitrogen and oxygen atoms in total. The lowest BCUT2D eigenvalue weighted by atomic mass is 10.2. The summed E-state index contributed by atoms with van der Waals surface area (Å²) in [6, 6.07) is 0. The molecule has 6 heavy (non-hydrogen) atoms. The smallest absolute Gasteiger partial charge is 0.0405 e. The number of nitrogens with zero attached hydrogens (tertiary/aromatic N) is 1. The fraction of sp³-hybridized carbons (Fsp3) is 0.750. The van der Waals surface area contributed by atoms with Gasteiger partial charge in [0.1, 0.15) is 0 Å². The Balaban J connectivity index is 2.38. The zero-order valence-corrected chi connectivity index (χ0v) is 3.81. The minimum absolute atomic E-state index is 0.644. The fourth-order valence-electron chi connectivity index (χ4n) is 0.429. The van der Waals surface area contributed by atoms with Crippen LogP contribution in [-0.4, -0.2) is 12.8 Å². The Hall–Kier alpha value is -0.530. The van der Waals surface area contributed by atoms with Crippen molar-refractivity contribution in [1.29, 1.82) is 0 Å². The average molecular weight is 84.1 g/mol. The molecule has 0 bridgehead atoms. The van der Waals surface area contributed by atoms with Crippen LogP contribution in [0.3, 0.4) is 0 Å². The Labute approximate surface area is 37.2 Å². The third-order valence-corrected chi connectivity index (χ3v) is 0.834. The normalized spacial score (nSPS) is 30.5. The Morgan fingerprint density at radius 1 is 2.00 bits per heavy atom. The van der Waals surface area contributed by atoms with Gasteiger partial charge in [-0.15, -0.1) is 0 Å². The van der Waals surface area contributed by atoms with E-state index in [9.17, 15) is 0 Å². The van der Waals surface area contributed by atoms with Crippen molar-refractivity contribution in [3.05, 3.63) is 0 Å². The van der Waals surface area contributed by atoms with Crippen LogP contribution in [0.5, 0.6) is 0 Å². The maximum Gasteiger partial charge on any atom is 0.0405 e. The second kappa shape index (κ2) is 1.29. The van der Waals surface area contributed by atoms with Gasteiger partial charge >= 0.3 is 0 Å². The summed E-state index contributed by atoms with van der Waals surface area (Å²) in [4.78, 5) is 0. The van der Waals surface area contributed by atoms with Crippen molar-refractivity contribution >= 4 is 6.21 Å². The van der Waals surface area contributed by atoms with E-state index >= 15 is 0 Å². The van der Waals surface area contributed by atoms with E-state index in [0.29, 0.717) is 5.92 Å². The molecule has 0 aromatic rings. The molecule has 0 saturated carbocycles. The van der Waals surface area contributed by atoms with Gasteiger partial charge in [0.25, 0.3) is 0 Å². The first-order chi connectivity index (χ1) is 2.89. The summed E-state index contributed by atoms with van der Waals surface area (Å²) in [6.45, 7) is 3.14. The molecule has 1 rings (SSSR count). The van der Waals surface area contributed by atoms with Crippen molar-refractivity contribution in [2.45, 2.75) is 6.92 Å². The van der Waals surface area contributed by atoms with E-state index in [1.54, 1.807) is 0 Å². The zero-order chi connectivity index (χ0) is 4.41. The molecule has 0 unspecified atom stereocenters. The fourth-order valence-corrected chi connectivity index (χ4v) is 0.429. The van der Waals surface area contributed by atoms with Gasteiger partial charge < -0.3 is 5.43 Å². The Bertz CT molecular complexity index is 67.9. The maximum absolute atomic E-state index is 3.79. The molecule has 0 aromatic carbocycles. The molecule has 1 atom stereocenters. The van der Waals surface area contributed by atoms with Crippen molar-refractivity contribution in [1.82, 2.24) is 5.43 Å². The quantitative estimate of drug-likeness (QED) is 0.446. The van der Waals surface area contributed by atoms with Crippen LogP contribution < -0.4 is 5.43 Å². The highest BCUT2D eigenvalue weighted by molar-refractivity contribution is 5.61. The van der Waals surface area contributed by atoms with Gasteiger partial charge in [-0.25, -0.2) is 0 Å². The van der Waals surface area contributed by atoms with Crippen LogP contribution in [-0.2, 0) is 0 Å². The number of rotatable bonds is 0. The molecule has 0 fully saturated rings. The summed E-state index contributed by atoms with van der Waals surface area (Å²) in [5, 5.41) is 3.79. The number of hydrogen-bond acceptors (Lipinski definition) is 2. The third-order valence-electron chi connectivity index (χ3n) is 0.834. The molecule has 0 saturated heterocycles. The van der Waals surface area contributed by atoms with E-state index in [0.717, 1.165) is 6.54 Å². The number of hydrogen-bond donors (Lipinski definition) is 1. The highest BCUT2D eigenvalue weighted by Gasteiger charge is 1.99.